The third-order valence-corrected chi connectivity index (χ3v) is 2.11. The van der Waals surface area contributed by atoms with Crippen molar-refractivity contribution in [3.8, 4) is 0 Å². The molecule has 1 aromatic carbocycles. The Morgan fingerprint density at radius 1 is 1.21 bits per heavy atom. The molecule has 0 fully saturated rings. The lowest BCUT2D eigenvalue weighted by molar-refractivity contribution is 0.0165. The van der Waals surface area contributed by atoms with Gasteiger partial charge in [-0.3, -0.25) is 4.79 Å². The highest BCUT2D eigenvalue weighted by atomic mass is 19.3. The van der Waals surface area contributed by atoms with E-state index in [4.69, 9.17) is 0 Å². The van der Waals surface area contributed by atoms with Crippen LogP contribution in [0, 0.1) is 11.6 Å². The minimum Gasteiger partial charge on any atom is -0.287 e. The smallest absolute Gasteiger partial charge is 0.287 e. The van der Waals surface area contributed by atoms with E-state index < -0.39 is 35.3 Å². The molecule has 0 aromatic heterocycles. The Morgan fingerprint density at radius 3 is 2.50 bits per heavy atom. The maximum atomic E-state index is 13.0. The van der Waals surface area contributed by atoms with Crippen LogP contribution >= 0.6 is 0 Å². The van der Waals surface area contributed by atoms with Gasteiger partial charge in [0, 0.05) is 12.5 Å². The number of benzene rings is 1. The quantitative estimate of drug-likeness (QED) is 0.593. The third kappa shape index (κ3) is 1.12. The van der Waals surface area contributed by atoms with Gasteiger partial charge < -0.3 is 0 Å². The first-order valence-electron chi connectivity index (χ1n) is 3.82. The maximum absolute atomic E-state index is 13.0. The molecular formula is C9H4F4O. The number of carbonyl (C=O) groups excluding carboxylic acids is 1. The Labute approximate surface area is 76.3 Å². The fourth-order valence-electron chi connectivity index (χ4n) is 1.52. The first kappa shape index (κ1) is 9.18. The fourth-order valence-corrected chi connectivity index (χ4v) is 1.52. The van der Waals surface area contributed by atoms with Crippen molar-refractivity contribution in [1.82, 2.24) is 0 Å². The highest BCUT2D eigenvalue weighted by Crippen LogP contribution is 2.35. The van der Waals surface area contributed by atoms with Crippen LogP contribution in [0.25, 0.3) is 0 Å². The SMILES string of the molecule is O=C1c2c(F)cc(F)cc2CC1(F)F. The van der Waals surface area contributed by atoms with Gasteiger partial charge in [-0.15, -0.1) is 0 Å². The van der Waals surface area contributed by atoms with Gasteiger partial charge in [0.05, 0.1) is 5.56 Å². The molecule has 5 heteroatoms. The minimum atomic E-state index is -3.60. The zero-order chi connectivity index (χ0) is 10.5. The van der Waals surface area contributed by atoms with Crippen LogP contribution in [0.15, 0.2) is 12.1 Å². The molecule has 0 aliphatic heterocycles. The Hall–Kier alpha value is -1.39. The number of halogens is 4. The van der Waals surface area contributed by atoms with E-state index in [9.17, 15) is 22.4 Å². The number of hydrogen-bond acceptors (Lipinski definition) is 1. The van der Waals surface area contributed by atoms with E-state index in [2.05, 4.69) is 0 Å². The highest BCUT2D eigenvalue weighted by Gasteiger charge is 2.48. The lowest BCUT2D eigenvalue weighted by Crippen LogP contribution is -2.24. The monoisotopic (exact) mass is 204 g/mol. The Kier molecular flexibility index (Phi) is 1.68. The number of ketones is 1. The van der Waals surface area contributed by atoms with E-state index in [-0.39, 0.29) is 5.56 Å². The summed E-state index contributed by atoms with van der Waals surface area (Å²) in [7, 11) is 0. The molecule has 0 unspecified atom stereocenters. The zero-order valence-corrected chi connectivity index (χ0v) is 6.78. The second-order valence-corrected chi connectivity index (χ2v) is 3.13. The Morgan fingerprint density at radius 2 is 1.86 bits per heavy atom. The Bertz CT molecular complexity index is 425. The molecule has 0 atom stereocenters. The number of rotatable bonds is 0. The van der Waals surface area contributed by atoms with Gasteiger partial charge in [0.2, 0.25) is 5.78 Å². The van der Waals surface area contributed by atoms with Crippen LogP contribution in [0.5, 0.6) is 0 Å². The van der Waals surface area contributed by atoms with Gasteiger partial charge in [0.25, 0.3) is 0 Å². The molecule has 0 saturated carbocycles. The molecule has 1 nitrogen and oxygen atoms in total. The molecule has 0 amide bonds. The van der Waals surface area contributed by atoms with Crippen molar-refractivity contribution in [1.29, 1.82) is 0 Å². The maximum Gasteiger partial charge on any atom is 0.313 e. The summed E-state index contributed by atoms with van der Waals surface area (Å²) in [5.41, 5.74) is -0.950. The standard InChI is InChI=1S/C9H4F4O/c10-5-1-4-3-9(12,13)8(14)7(4)6(11)2-5/h1-2H,3H2. The summed E-state index contributed by atoms with van der Waals surface area (Å²) in [5, 5.41) is 0. The van der Waals surface area contributed by atoms with Crippen LogP contribution in [-0.2, 0) is 6.42 Å². The van der Waals surface area contributed by atoms with Crippen molar-refractivity contribution in [2.45, 2.75) is 12.3 Å². The summed E-state index contributed by atoms with van der Waals surface area (Å²) >= 11 is 0. The van der Waals surface area contributed by atoms with Crippen molar-refractivity contribution in [3.63, 3.8) is 0 Å². The van der Waals surface area contributed by atoms with Gasteiger partial charge in [-0.05, 0) is 11.6 Å². The van der Waals surface area contributed by atoms with E-state index in [1.54, 1.807) is 0 Å². The van der Waals surface area contributed by atoms with Crippen molar-refractivity contribution in [2.24, 2.45) is 0 Å². The fraction of sp³-hybridized carbons (Fsp3) is 0.222. The van der Waals surface area contributed by atoms with Crippen molar-refractivity contribution >= 4 is 5.78 Å². The number of hydrogen-bond donors (Lipinski definition) is 0. The summed E-state index contributed by atoms with van der Waals surface area (Å²) in [6.45, 7) is 0. The molecule has 0 N–H and O–H groups in total. The summed E-state index contributed by atoms with van der Waals surface area (Å²) < 4.78 is 51.2. The first-order valence-corrected chi connectivity index (χ1v) is 3.82. The number of carbonyl (C=O) groups is 1. The molecule has 1 aliphatic rings. The molecule has 0 radical (unpaired) electrons. The predicted molar refractivity (Wildman–Crippen MR) is 39.3 cm³/mol. The zero-order valence-electron chi connectivity index (χ0n) is 6.78. The van der Waals surface area contributed by atoms with Gasteiger partial charge in [0.1, 0.15) is 11.6 Å². The number of fused-ring (bicyclic) bond motifs is 1. The molecule has 1 aromatic rings. The van der Waals surface area contributed by atoms with Crippen LogP contribution in [0.3, 0.4) is 0 Å². The van der Waals surface area contributed by atoms with Crippen LogP contribution in [0.4, 0.5) is 17.6 Å². The molecule has 0 spiro atoms. The molecular weight excluding hydrogens is 200 g/mol. The van der Waals surface area contributed by atoms with Crippen LogP contribution in [0.1, 0.15) is 15.9 Å². The highest BCUT2D eigenvalue weighted by molar-refractivity contribution is 6.05. The van der Waals surface area contributed by atoms with E-state index in [0.29, 0.717) is 6.07 Å². The Balaban J connectivity index is 2.66. The van der Waals surface area contributed by atoms with Gasteiger partial charge in [-0.25, -0.2) is 8.78 Å². The van der Waals surface area contributed by atoms with E-state index in [1.165, 1.54) is 0 Å². The average molecular weight is 204 g/mol. The van der Waals surface area contributed by atoms with Crippen LogP contribution in [-0.4, -0.2) is 11.7 Å². The average Bonchev–Trinajstić information content (AvgIpc) is 2.21. The summed E-state index contributed by atoms with van der Waals surface area (Å²) in [6.07, 6.45) is -0.921. The van der Waals surface area contributed by atoms with E-state index >= 15 is 0 Å². The van der Waals surface area contributed by atoms with Crippen molar-refractivity contribution in [2.75, 3.05) is 0 Å². The molecule has 1 aliphatic carbocycles. The lowest BCUT2D eigenvalue weighted by Gasteiger charge is -2.03. The van der Waals surface area contributed by atoms with Crippen molar-refractivity contribution in [3.05, 3.63) is 34.9 Å². The van der Waals surface area contributed by atoms with Crippen LogP contribution in [0.2, 0.25) is 0 Å². The van der Waals surface area contributed by atoms with Gasteiger partial charge in [-0.2, -0.15) is 8.78 Å². The molecule has 74 valence electrons. The number of Topliss-reactive ketones (excluding diaryl/α,β-unsaturated/α-hetero) is 1. The molecule has 0 saturated heterocycles. The second kappa shape index (κ2) is 2.56. The molecule has 2 rings (SSSR count). The predicted octanol–water partition coefficient (Wildman–Crippen LogP) is 2.34. The minimum absolute atomic E-state index is 0.266. The van der Waals surface area contributed by atoms with Crippen LogP contribution < -0.4 is 0 Å². The first-order chi connectivity index (χ1) is 6.42. The summed E-state index contributed by atoms with van der Waals surface area (Å²) in [6, 6.07) is 1.19. The molecule has 0 heterocycles. The molecule has 14 heavy (non-hydrogen) atoms. The third-order valence-electron chi connectivity index (χ3n) is 2.11. The lowest BCUT2D eigenvalue weighted by atomic mass is 10.1. The molecule has 0 bridgehead atoms. The second-order valence-electron chi connectivity index (χ2n) is 3.13. The van der Waals surface area contributed by atoms with Gasteiger partial charge in [-0.1, -0.05) is 0 Å². The summed E-state index contributed by atoms with van der Waals surface area (Å²) in [4.78, 5) is 10.9. The van der Waals surface area contributed by atoms with Gasteiger partial charge >= 0.3 is 5.92 Å². The normalized spacial score (nSPS) is 18.4. The summed E-state index contributed by atoms with van der Waals surface area (Å²) in [5.74, 6) is -7.34. The number of alkyl halides is 2. The van der Waals surface area contributed by atoms with E-state index in [1.807, 2.05) is 0 Å². The van der Waals surface area contributed by atoms with E-state index in [0.717, 1.165) is 6.07 Å². The topological polar surface area (TPSA) is 17.1 Å². The van der Waals surface area contributed by atoms with Crippen molar-refractivity contribution < 1.29 is 22.4 Å². The largest absolute Gasteiger partial charge is 0.313 e. The van der Waals surface area contributed by atoms with Gasteiger partial charge in [0.15, 0.2) is 0 Å².